The predicted octanol–water partition coefficient (Wildman–Crippen LogP) is 1.34. The van der Waals surface area contributed by atoms with Crippen LogP contribution >= 0.6 is 0 Å². The number of aliphatic hydroxyl groups excluding tert-OH is 1. The van der Waals surface area contributed by atoms with Gasteiger partial charge in [-0.1, -0.05) is 36.4 Å². The lowest BCUT2D eigenvalue weighted by atomic mass is 10.00. The molecule has 2 unspecified atom stereocenters. The number of aliphatic hydroxyl groups is 1. The van der Waals surface area contributed by atoms with E-state index in [1.807, 2.05) is 48.5 Å². The third-order valence-electron chi connectivity index (χ3n) is 6.02. The second-order valence-electron chi connectivity index (χ2n) is 8.17. The second kappa shape index (κ2) is 10.0. The number of nitrogens with zero attached hydrogens (tertiary/aromatic N) is 2. The lowest BCUT2D eigenvalue weighted by molar-refractivity contribution is -0.139. The summed E-state index contributed by atoms with van der Waals surface area (Å²) >= 11 is 0. The fourth-order valence-electron chi connectivity index (χ4n) is 4.02. The molecule has 2 aromatic rings. The summed E-state index contributed by atoms with van der Waals surface area (Å²) in [5, 5.41) is 12.5. The smallest absolute Gasteiger partial charge is 0.247 e. The molecule has 2 aromatic carbocycles. The molecule has 1 saturated heterocycles. The van der Waals surface area contributed by atoms with Crippen molar-refractivity contribution >= 4 is 11.8 Å². The van der Waals surface area contributed by atoms with Crippen molar-refractivity contribution in [2.75, 3.05) is 39.6 Å². The summed E-state index contributed by atoms with van der Waals surface area (Å²) in [5.74, 6) is 0.607. The van der Waals surface area contributed by atoms with Crippen LogP contribution in [0, 0.1) is 0 Å². The van der Waals surface area contributed by atoms with Crippen LogP contribution in [0.3, 0.4) is 0 Å². The van der Waals surface area contributed by atoms with E-state index in [0.29, 0.717) is 26.2 Å². The first-order valence-electron chi connectivity index (χ1n) is 10.9. The van der Waals surface area contributed by atoms with Gasteiger partial charge in [0.15, 0.2) is 11.5 Å². The van der Waals surface area contributed by atoms with Gasteiger partial charge in [0.1, 0.15) is 6.04 Å². The third kappa shape index (κ3) is 5.03. The van der Waals surface area contributed by atoms with Gasteiger partial charge in [-0.25, -0.2) is 0 Å². The predicted molar refractivity (Wildman–Crippen MR) is 118 cm³/mol. The van der Waals surface area contributed by atoms with Crippen molar-refractivity contribution < 1.29 is 24.2 Å². The molecule has 0 aliphatic carbocycles. The fourth-order valence-corrected chi connectivity index (χ4v) is 4.02. The van der Waals surface area contributed by atoms with Gasteiger partial charge in [0.2, 0.25) is 18.6 Å². The summed E-state index contributed by atoms with van der Waals surface area (Å²) in [6.45, 7) is 4.90. The monoisotopic (exact) mass is 439 g/mol. The van der Waals surface area contributed by atoms with Crippen LogP contribution in [0.5, 0.6) is 11.5 Å². The molecule has 8 nitrogen and oxygen atoms in total. The quantitative estimate of drug-likeness (QED) is 0.677. The Morgan fingerprint density at radius 3 is 2.47 bits per heavy atom. The normalized spacial score (nSPS) is 17.6. The first-order valence-corrected chi connectivity index (χ1v) is 10.9. The van der Waals surface area contributed by atoms with Crippen LogP contribution in [0.4, 0.5) is 0 Å². The summed E-state index contributed by atoms with van der Waals surface area (Å²) in [4.78, 5) is 29.5. The van der Waals surface area contributed by atoms with E-state index in [-0.39, 0.29) is 18.6 Å². The number of carbonyl (C=O) groups excluding carboxylic acids is 2. The van der Waals surface area contributed by atoms with Gasteiger partial charge in [-0.15, -0.1) is 0 Å². The number of amides is 2. The Morgan fingerprint density at radius 1 is 1.03 bits per heavy atom. The summed E-state index contributed by atoms with van der Waals surface area (Å²) in [6.07, 6.45) is 0. The molecule has 2 atom stereocenters. The van der Waals surface area contributed by atoms with E-state index >= 15 is 0 Å². The fraction of sp³-hybridized carbons (Fsp3) is 0.417. The molecule has 0 aromatic heterocycles. The zero-order chi connectivity index (χ0) is 22.5. The van der Waals surface area contributed by atoms with Gasteiger partial charge in [-0.2, -0.15) is 0 Å². The molecule has 0 radical (unpaired) electrons. The van der Waals surface area contributed by atoms with E-state index in [0.717, 1.165) is 29.2 Å². The molecule has 2 aliphatic heterocycles. The minimum absolute atomic E-state index is 0.246. The van der Waals surface area contributed by atoms with Crippen LogP contribution in [0.2, 0.25) is 0 Å². The summed E-state index contributed by atoms with van der Waals surface area (Å²) in [6, 6.07) is 14.4. The zero-order valence-corrected chi connectivity index (χ0v) is 18.2. The molecular formula is C24H29N3O5. The van der Waals surface area contributed by atoms with Crippen LogP contribution < -0.4 is 14.8 Å². The van der Waals surface area contributed by atoms with Gasteiger partial charge >= 0.3 is 0 Å². The Kier molecular flexibility index (Phi) is 6.92. The van der Waals surface area contributed by atoms with Crippen molar-refractivity contribution in [3.8, 4) is 11.5 Å². The van der Waals surface area contributed by atoms with Crippen molar-refractivity contribution in [2.45, 2.75) is 25.4 Å². The van der Waals surface area contributed by atoms with E-state index < -0.39 is 18.6 Å². The highest BCUT2D eigenvalue weighted by Crippen LogP contribution is 2.32. The standard InChI is InChI=1S/C24H29N3O5/c1-17(19-5-3-2-4-6-19)23(29)25-20(15-28)24(30)27-11-9-26(10-12-27)14-18-7-8-21-22(13-18)32-16-31-21/h2-8,13,17,20,28H,9-12,14-16H2,1H3,(H,25,29). The topological polar surface area (TPSA) is 91.3 Å². The molecule has 0 spiro atoms. The van der Waals surface area contributed by atoms with Gasteiger partial charge in [0.25, 0.3) is 0 Å². The molecule has 1 fully saturated rings. The van der Waals surface area contributed by atoms with E-state index in [1.54, 1.807) is 11.8 Å². The Balaban J connectivity index is 1.28. The van der Waals surface area contributed by atoms with Crippen LogP contribution in [-0.4, -0.2) is 72.3 Å². The number of hydrogen-bond acceptors (Lipinski definition) is 6. The van der Waals surface area contributed by atoms with E-state index in [9.17, 15) is 14.7 Å². The number of nitrogens with one attached hydrogen (secondary N) is 1. The molecule has 2 N–H and O–H groups in total. The Hall–Kier alpha value is -3.10. The van der Waals surface area contributed by atoms with Crippen molar-refractivity contribution in [1.29, 1.82) is 0 Å². The van der Waals surface area contributed by atoms with Gasteiger partial charge in [-0.05, 0) is 30.2 Å². The molecule has 2 amide bonds. The van der Waals surface area contributed by atoms with Crippen molar-refractivity contribution in [3.63, 3.8) is 0 Å². The van der Waals surface area contributed by atoms with E-state index in [2.05, 4.69) is 10.2 Å². The maximum absolute atomic E-state index is 12.9. The molecule has 4 rings (SSSR count). The lowest BCUT2D eigenvalue weighted by Crippen LogP contribution is -2.56. The largest absolute Gasteiger partial charge is 0.454 e. The average molecular weight is 440 g/mol. The molecule has 0 bridgehead atoms. The van der Waals surface area contributed by atoms with Crippen molar-refractivity contribution in [3.05, 3.63) is 59.7 Å². The van der Waals surface area contributed by atoms with Gasteiger partial charge in [0.05, 0.1) is 12.5 Å². The number of carbonyl (C=O) groups is 2. The molecular weight excluding hydrogens is 410 g/mol. The molecule has 170 valence electrons. The minimum Gasteiger partial charge on any atom is -0.454 e. The van der Waals surface area contributed by atoms with Crippen LogP contribution in [0.1, 0.15) is 24.0 Å². The summed E-state index contributed by atoms with van der Waals surface area (Å²) < 4.78 is 10.8. The van der Waals surface area contributed by atoms with Gasteiger partial charge < -0.3 is 24.8 Å². The van der Waals surface area contributed by atoms with Crippen LogP contribution in [-0.2, 0) is 16.1 Å². The molecule has 2 heterocycles. The first kappa shape index (κ1) is 22.1. The lowest BCUT2D eigenvalue weighted by Gasteiger charge is -2.36. The molecule has 32 heavy (non-hydrogen) atoms. The van der Waals surface area contributed by atoms with Crippen LogP contribution in [0.15, 0.2) is 48.5 Å². The Bertz CT molecular complexity index is 944. The average Bonchev–Trinajstić information content (AvgIpc) is 3.30. The van der Waals surface area contributed by atoms with Crippen LogP contribution in [0.25, 0.3) is 0 Å². The highest BCUT2D eigenvalue weighted by Gasteiger charge is 2.29. The number of piperazine rings is 1. The molecule has 0 saturated carbocycles. The maximum Gasteiger partial charge on any atom is 0.247 e. The maximum atomic E-state index is 12.9. The number of fused-ring (bicyclic) bond motifs is 1. The van der Waals surface area contributed by atoms with Crippen molar-refractivity contribution in [2.24, 2.45) is 0 Å². The summed E-state index contributed by atoms with van der Waals surface area (Å²) in [5.41, 5.74) is 2.00. The third-order valence-corrected chi connectivity index (χ3v) is 6.02. The molecule has 2 aliphatic rings. The summed E-state index contributed by atoms with van der Waals surface area (Å²) in [7, 11) is 0. The number of hydrogen-bond donors (Lipinski definition) is 2. The highest BCUT2D eigenvalue weighted by molar-refractivity contribution is 5.90. The Morgan fingerprint density at radius 2 is 1.75 bits per heavy atom. The van der Waals surface area contributed by atoms with Crippen molar-refractivity contribution in [1.82, 2.24) is 15.1 Å². The minimum atomic E-state index is -0.936. The van der Waals surface area contributed by atoms with E-state index in [4.69, 9.17) is 9.47 Å². The number of ether oxygens (including phenoxy) is 2. The SMILES string of the molecule is CC(C(=O)NC(CO)C(=O)N1CCN(Cc2ccc3c(c2)OCO3)CC1)c1ccccc1. The molecule has 8 heteroatoms. The first-order chi connectivity index (χ1) is 15.5. The van der Waals surface area contributed by atoms with E-state index in [1.165, 1.54) is 0 Å². The van der Waals surface area contributed by atoms with Gasteiger partial charge in [-0.3, -0.25) is 14.5 Å². The Labute approximate surface area is 187 Å². The van der Waals surface area contributed by atoms with Gasteiger partial charge in [0, 0.05) is 32.7 Å². The highest BCUT2D eigenvalue weighted by atomic mass is 16.7. The number of rotatable bonds is 7. The number of benzene rings is 2. The second-order valence-corrected chi connectivity index (χ2v) is 8.17. The zero-order valence-electron chi connectivity index (χ0n) is 18.2.